The largest absolute Gasteiger partial charge is 0.481 e. The van der Waals surface area contributed by atoms with Crippen LogP contribution in [0.1, 0.15) is 11.5 Å². The summed E-state index contributed by atoms with van der Waals surface area (Å²) in [4.78, 5) is 13.8. The predicted octanol–water partition coefficient (Wildman–Crippen LogP) is 1.40. The first kappa shape index (κ1) is 10.2. The van der Waals surface area contributed by atoms with Gasteiger partial charge in [0.15, 0.2) is 5.69 Å². The van der Waals surface area contributed by atoms with Crippen molar-refractivity contribution >= 4 is 11.7 Å². The van der Waals surface area contributed by atoms with E-state index >= 15 is 0 Å². The van der Waals surface area contributed by atoms with Crippen LogP contribution >= 0.6 is 0 Å². The van der Waals surface area contributed by atoms with E-state index in [-0.39, 0.29) is 0 Å². The van der Waals surface area contributed by atoms with Crippen LogP contribution in [0.2, 0.25) is 0 Å². The zero-order valence-electron chi connectivity index (χ0n) is 7.34. The molecule has 1 unspecified atom stereocenters. The van der Waals surface area contributed by atoms with Crippen LogP contribution in [0.15, 0.2) is 24.3 Å². The topological polar surface area (TPSA) is 61.9 Å². The number of rotatable bonds is 3. The Morgan fingerprint density at radius 2 is 2.00 bits per heavy atom. The van der Waals surface area contributed by atoms with Crippen LogP contribution in [0.3, 0.4) is 0 Å². The highest BCUT2D eigenvalue weighted by Gasteiger charge is 2.17. The summed E-state index contributed by atoms with van der Waals surface area (Å²) in [6.07, 6.45) is 0. The van der Waals surface area contributed by atoms with Crippen molar-refractivity contribution in [1.29, 1.82) is 0 Å². The van der Waals surface area contributed by atoms with Crippen LogP contribution < -0.4 is 0 Å². The molecule has 0 saturated carbocycles. The van der Waals surface area contributed by atoms with Gasteiger partial charge in [0.05, 0.1) is 13.2 Å². The molecule has 14 heavy (non-hydrogen) atoms. The van der Waals surface area contributed by atoms with Gasteiger partial charge in [-0.3, -0.25) is 4.79 Å². The summed E-state index contributed by atoms with van der Waals surface area (Å²) in [6.45, 7) is 6.27. The predicted molar refractivity (Wildman–Crippen MR) is 50.2 cm³/mol. The molecule has 4 heteroatoms. The van der Waals surface area contributed by atoms with E-state index < -0.39 is 18.5 Å². The van der Waals surface area contributed by atoms with Crippen molar-refractivity contribution in [1.82, 2.24) is 0 Å². The maximum atomic E-state index is 10.7. The molecule has 0 aliphatic heterocycles. The minimum Gasteiger partial charge on any atom is -0.481 e. The summed E-state index contributed by atoms with van der Waals surface area (Å²) in [6, 6.07) is 6.16. The van der Waals surface area contributed by atoms with E-state index in [4.69, 9.17) is 16.8 Å². The second-order valence-electron chi connectivity index (χ2n) is 2.78. The number of carbonyl (C=O) groups is 1. The monoisotopic (exact) mass is 191 g/mol. The van der Waals surface area contributed by atoms with Crippen molar-refractivity contribution in [2.75, 3.05) is 6.61 Å². The molecule has 4 nitrogen and oxygen atoms in total. The molecule has 0 amide bonds. The average molecular weight is 191 g/mol. The number of aliphatic hydroxyl groups excluding tert-OH is 1. The molecule has 2 N–H and O–H groups in total. The highest BCUT2D eigenvalue weighted by Crippen LogP contribution is 2.19. The normalized spacial score (nSPS) is 11.7. The van der Waals surface area contributed by atoms with Crippen molar-refractivity contribution in [2.45, 2.75) is 5.92 Å². The third-order valence-electron chi connectivity index (χ3n) is 1.91. The Balaban J connectivity index is 2.96. The van der Waals surface area contributed by atoms with Crippen LogP contribution in [-0.2, 0) is 4.79 Å². The van der Waals surface area contributed by atoms with Gasteiger partial charge in [0.25, 0.3) is 0 Å². The fraction of sp³-hybridized carbons (Fsp3) is 0.200. The van der Waals surface area contributed by atoms with E-state index in [1.54, 1.807) is 12.1 Å². The molecule has 0 radical (unpaired) electrons. The third-order valence-corrected chi connectivity index (χ3v) is 1.91. The lowest BCUT2D eigenvalue weighted by atomic mass is 10.0. The second-order valence-corrected chi connectivity index (χ2v) is 2.78. The van der Waals surface area contributed by atoms with E-state index in [0.29, 0.717) is 11.3 Å². The molecule has 0 heterocycles. The Hall–Kier alpha value is -1.86. The quantitative estimate of drug-likeness (QED) is 0.710. The molecule has 1 aromatic rings. The lowest BCUT2D eigenvalue weighted by Gasteiger charge is -2.08. The summed E-state index contributed by atoms with van der Waals surface area (Å²) in [5.74, 6) is -1.97. The highest BCUT2D eigenvalue weighted by molar-refractivity contribution is 5.76. The van der Waals surface area contributed by atoms with Crippen LogP contribution in [0.5, 0.6) is 0 Å². The van der Waals surface area contributed by atoms with E-state index in [0.717, 1.165) is 0 Å². The summed E-state index contributed by atoms with van der Waals surface area (Å²) >= 11 is 0. The third kappa shape index (κ3) is 2.09. The van der Waals surface area contributed by atoms with Crippen molar-refractivity contribution < 1.29 is 15.0 Å². The van der Waals surface area contributed by atoms with Gasteiger partial charge in [-0.1, -0.05) is 24.3 Å². The molecular weight excluding hydrogens is 182 g/mol. The first-order chi connectivity index (χ1) is 6.69. The standard InChI is InChI=1S/C10H9NO3/c1-11-8-4-2-7(3-5-8)9(6-12)10(13)14/h2-5,9,12H,6H2,(H,13,14). The maximum absolute atomic E-state index is 10.7. The smallest absolute Gasteiger partial charge is 0.313 e. The first-order valence-corrected chi connectivity index (χ1v) is 4.00. The molecule has 0 saturated heterocycles. The number of hydrogen-bond acceptors (Lipinski definition) is 2. The van der Waals surface area contributed by atoms with Gasteiger partial charge in [-0.05, 0) is 5.56 Å². The molecule has 0 aromatic heterocycles. The summed E-state index contributed by atoms with van der Waals surface area (Å²) < 4.78 is 0. The van der Waals surface area contributed by atoms with Crippen LogP contribution in [-0.4, -0.2) is 22.8 Å². The second kappa shape index (κ2) is 4.40. The van der Waals surface area contributed by atoms with Crippen LogP contribution in [0, 0.1) is 6.57 Å². The number of hydrogen-bond donors (Lipinski definition) is 2. The molecule has 72 valence electrons. The van der Waals surface area contributed by atoms with Gasteiger partial charge < -0.3 is 10.2 Å². The van der Waals surface area contributed by atoms with E-state index in [1.807, 2.05) is 0 Å². The molecule has 0 aliphatic rings. The van der Waals surface area contributed by atoms with E-state index in [2.05, 4.69) is 4.85 Å². The van der Waals surface area contributed by atoms with Crippen molar-refractivity contribution in [2.24, 2.45) is 0 Å². The molecule has 0 spiro atoms. The zero-order valence-corrected chi connectivity index (χ0v) is 7.34. The summed E-state index contributed by atoms with van der Waals surface area (Å²) in [7, 11) is 0. The summed E-state index contributed by atoms with van der Waals surface area (Å²) in [5, 5.41) is 17.6. The number of carboxylic acids is 1. The van der Waals surface area contributed by atoms with Gasteiger partial charge in [-0.15, -0.1) is 0 Å². The highest BCUT2D eigenvalue weighted by atomic mass is 16.4. The zero-order chi connectivity index (χ0) is 10.6. The van der Waals surface area contributed by atoms with E-state index in [9.17, 15) is 4.79 Å². The Labute approximate surface area is 81.2 Å². The van der Waals surface area contributed by atoms with Crippen LogP contribution in [0.4, 0.5) is 5.69 Å². The number of carboxylic acid groups (broad SMARTS) is 1. The minimum atomic E-state index is -1.07. The van der Waals surface area contributed by atoms with E-state index in [1.165, 1.54) is 12.1 Å². The summed E-state index contributed by atoms with van der Waals surface area (Å²) in [5.41, 5.74) is 0.961. The minimum absolute atomic E-state index is 0.438. The Bertz CT molecular complexity index is 364. The molecule has 0 aliphatic carbocycles. The lowest BCUT2D eigenvalue weighted by molar-refractivity contribution is -0.139. The fourth-order valence-electron chi connectivity index (χ4n) is 1.11. The molecule has 0 bridgehead atoms. The molecule has 0 fully saturated rings. The van der Waals surface area contributed by atoms with Crippen molar-refractivity contribution in [3.8, 4) is 0 Å². The van der Waals surface area contributed by atoms with Crippen molar-refractivity contribution in [3.05, 3.63) is 41.2 Å². The van der Waals surface area contributed by atoms with Gasteiger partial charge in [0, 0.05) is 0 Å². The molecule has 1 rings (SSSR count). The molecule has 1 aromatic carbocycles. The Morgan fingerprint density at radius 3 is 2.36 bits per heavy atom. The van der Waals surface area contributed by atoms with Gasteiger partial charge >= 0.3 is 5.97 Å². The number of benzene rings is 1. The first-order valence-electron chi connectivity index (χ1n) is 4.00. The average Bonchev–Trinajstić information content (AvgIpc) is 2.19. The number of aliphatic hydroxyl groups is 1. The van der Waals surface area contributed by atoms with Crippen LogP contribution in [0.25, 0.3) is 4.85 Å². The van der Waals surface area contributed by atoms with Gasteiger partial charge in [0.1, 0.15) is 5.92 Å². The SMILES string of the molecule is [C-]#[N+]c1ccc(C(CO)C(=O)O)cc1. The maximum Gasteiger partial charge on any atom is 0.313 e. The number of aliphatic carboxylic acids is 1. The lowest BCUT2D eigenvalue weighted by Crippen LogP contribution is -2.15. The van der Waals surface area contributed by atoms with Gasteiger partial charge in [0.2, 0.25) is 0 Å². The van der Waals surface area contributed by atoms with Crippen molar-refractivity contribution in [3.63, 3.8) is 0 Å². The van der Waals surface area contributed by atoms with Gasteiger partial charge in [-0.2, -0.15) is 0 Å². The Kier molecular flexibility index (Phi) is 3.21. The number of nitrogens with zero attached hydrogens (tertiary/aromatic N) is 1. The Morgan fingerprint density at radius 1 is 1.43 bits per heavy atom. The fourth-order valence-corrected chi connectivity index (χ4v) is 1.11. The molecular formula is C10H9NO3. The van der Waals surface area contributed by atoms with Gasteiger partial charge in [-0.25, -0.2) is 4.85 Å². The molecule has 1 atom stereocenters.